The second-order valence-electron chi connectivity index (χ2n) is 4.02. The molecular weight excluding hydrogens is 355 g/mol. The van der Waals surface area contributed by atoms with Crippen LogP contribution in [0.15, 0.2) is 6.20 Å². The Morgan fingerprint density at radius 2 is 2.00 bits per heavy atom. The second-order valence-corrected chi connectivity index (χ2v) is 7.12. The van der Waals surface area contributed by atoms with Gasteiger partial charge in [-0.2, -0.15) is 12.4 Å². The zero-order valence-electron chi connectivity index (χ0n) is 12.0. The third-order valence-electron chi connectivity index (χ3n) is 2.22. The van der Waals surface area contributed by atoms with Crippen molar-refractivity contribution >= 4 is 24.2 Å². The van der Waals surface area contributed by atoms with Gasteiger partial charge in [0, 0.05) is 18.3 Å². The summed E-state index contributed by atoms with van der Waals surface area (Å²) in [5, 5.41) is 18.1. The quantitative estimate of drug-likeness (QED) is 0.296. The first kappa shape index (κ1) is 21.6. The lowest BCUT2D eigenvalue weighted by molar-refractivity contribution is 0.111. The third kappa shape index (κ3) is 8.13. The molecule has 1 aromatic rings. The van der Waals surface area contributed by atoms with E-state index in [1.165, 1.54) is 6.20 Å². The molecule has 6 N–H and O–H groups in total. The molecule has 132 valence electrons. The van der Waals surface area contributed by atoms with Crippen molar-refractivity contribution in [2.24, 2.45) is 5.73 Å². The summed E-state index contributed by atoms with van der Waals surface area (Å²) in [6, 6.07) is 0. The molecule has 0 bridgehead atoms. The fraction of sp³-hybridized carbons (Fsp3) is 0.400. The number of carbonyl (C=O) groups excluding carboxylic acids is 1. The SMILES string of the molecule is Cc1ncc(CO)c(C=O)c1O.NCCS(=O)(=O)OP(=O)(O)O. The van der Waals surface area contributed by atoms with Crippen molar-refractivity contribution in [1.29, 1.82) is 0 Å². The molecular formula is C10H17N2O9PS. The number of aliphatic hydroxyl groups is 1. The van der Waals surface area contributed by atoms with E-state index in [4.69, 9.17) is 20.6 Å². The zero-order chi connectivity index (χ0) is 18.3. The summed E-state index contributed by atoms with van der Waals surface area (Å²) in [7, 11) is -9.14. The molecule has 23 heavy (non-hydrogen) atoms. The van der Waals surface area contributed by atoms with Gasteiger partial charge in [0.1, 0.15) is 5.75 Å². The molecule has 0 radical (unpaired) electrons. The number of aldehydes is 1. The van der Waals surface area contributed by atoms with Gasteiger partial charge in [-0.25, -0.2) is 4.57 Å². The Bertz CT molecular complexity index is 686. The number of aliphatic hydroxyl groups excluding tert-OH is 1. The highest BCUT2D eigenvalue weighted by molar-refractivity contribution is 7.90. The molecule has 13 heteroatoms. The van der Waals surface area contributed by atoms with Crippen molar-refractivity contribution in [3.05, 3.63) is 23.0 Å². The third-order valence-corrected chi connectivity index (χ3v) is 4.65. The predicted octanol–water partition coefficient (Wildman–Crippen LogP) is -1.22. The lowest BCUT2D eigenvalue weighted by Crippen LogP contribution is -2.16. The van der Waals surface area contributed by atoms with E-state index in [9.17, 15) is 22.9 Å². The molecule has 0 aliphatic heterocycles. The van der Waals surface area contributed by atoms with Crippen molar-refractivity contribution in [3.63, 3.8) is 0 Å². The van der Waals surface area contributed by atoms with Gasteiger partial charge in [-0.05, 0) is 6.92 Å². The van der Waals surface area contributed by atoms with Crippen LogP contribution in [0.5, 0.6) is 5.75 Å². The van der Waals surface area contributed by atoms with E-state index in [1.54, 1.807) is 6.92 Å². The number of aromatic hydroxyl groups is 1. The van der Waals surface area contributed by atoms with Crippen LogP contribution in [-0.2, 0) is 25.3 Å². The van der Waals surface area contributed by atoms with Gasteiger partial charge in [-0.15, -0.1) is 0 Å². The minimum absolute atomic E-state index is 0.116. The number of rotatable bonds is 6. The Kier molecular flexibility index (Phi) is 8.48. The number of pyridine rings is 1. The number of nitrogens with zero attached hydrogens (tertiary/aromatic N) is 1. The summed E-state index contributed by atoms with van der Waals surface area (Å²) in [4.78, 5) is 30.3. The summed E-state index contributed by atoms with van der Waals surface area (Å²) >= 11 is 0. The molecule has 0 saturated carbocycles. The summed E-state index contributed by atoms with van der Waals surface area (Å²) in [5.41, 5.74) is 5.66. The van der Waals surface area contributed by atoms with Crippen LogP contribution in [0.4, 0.5) is 0 Å². The second kappa shape index (κ2) is 9.03. The largest absolute Gasteiger partial charge is 0.505 e. The van der Waals surface area contributed by atoms with Crippen LogP contribution in [-0.4, -0.2) is 52.0 Å². The number of hydrogen-bond acceptors (Lipinski definition) is 9. The van der Waals surface area contributed by atoms with E-state index < -0.39 is 23.7 Å². The van der Waals surface area contributed by atoms with E-state index in [2.05, 4.69) is 8.95 Å². The Balaban J connectivity index is 0.000000423. The number of phosphoric acid groups is 1. The van der Waals surface area contributed by atoms with Crippen molar-refractivity contribution in [2.45, 2.75) is 13.5 Å². The summed E-state index contributed by atoms with van der Waals surface area (Å²) in [6.07, 6.45) is 1.88. The summed E-state index contributed by atoms with van der Waals surface area (Å²) in [5.74, 6) is -0.769. The van der Waals surface area contributed by atoms with Crippen molar-refractivity contribution in [2.75, 3.05) is 12.3 Å². The maximum Gasteiger partial charge on any atom is 0.484 e. The van der Waals surface area contributed by atoms with Crippen molar-refractivity contribution < 1.29 is 41.7 Å². The van der Waals surface area contributed by atoms with Crippen LogP contribution in [0.2, 0.25) is 0 Å². The average Bonchev–Trinajstić information content (AvgIpc) is 2.39. The molecule has 0 atom stereocenters. The molecule has 0 fully saturated rings. The Labute approximate surface area is 132 Å². The van der Waals surface area contributed by atoms with Crippen LogP contribution in [0.25, 0.3) is 0 Å². The highest BCUT2D eigenvalue weighted by Gasteiger charge is 2.24. The minimum Gasteiger partial charge on any atom is -0.505 e. The van der Waals surface area contributed by atoms with Gasteiger partial charge in [0.2, 0.25) is 0 Å². The zero-order valence-corrected chi connectivity index (χ0v) is 13.7. The first-order valence-electron chi connectivity index (χ1n) is 5.90. The molecule has 1 aromatic heterocycles. The molecule has 1 heterocycles. The molecule has 11 nitrogen and oxygen atoms in total. The summed E-state index contributed by atoms with van der Waals surface area (Å²) < 4.78 is 34.3. The van der Waals surface area contributed by atoms with E-state index >= 15 is 0 Å². The fourth-order valence-electron chi connectivity index (χ4n) is 1.24. The number of aryl methyl sites for hydroxylation is 1. The van der Waals surface area contributed by atoms with Crippen LogP contribution in [0, 0.1) is 6.92 Å². The molecule has 0 saturated heterocycles. The Hall–Kier alpha value is -1.40. The van der Waals surface area contributed by atoms with Gasteiger partial charge >= 0.3 is 7.82 Å². The normalized spacial score (nSPS) is 11.5. The number of hydrogen-bond donors (Lipinski definition) is 5. The van der Waals surface area contributed by atoms with E-state index in [0.29, 0.717) is 17.5 Å². The van der Waals surface area contributed by atoms with Crippen molar-refractivity contribution in [3.8, 4) is 5.75 Å². The number of nitrogens with two attached hydrogens (primary N) is 1. The van der Waals surface area contributed by atoms with E-state index in [0.717, 1.165) is 0 Å². The van der Waals surface area contributed by atoms with Gasteiger partial charge < -0.3 is 25.7 Å². The van der Waals surface area contributed by atoms with Gasteiger partial charge in [-0.3, -0.25) is 9.78 Å². The standard InChI is InChI=1S/C8H9NO3.C2H8NO6PS/c1-5-8(12)7(4-11)6(3-10)2-9-5;3-1-2-11(7,8)9-10(4,5)6/h2,4,10,12H,3H2,1H3;1-3H2,(H2,4,5,6). The van der Waals surface area contributed by atoms with Gasteiger partial charge in [0.25, 0.3) is 10.1 Å². The molecule has 0 spiro atoms. The van der Waals surface area contributed by atoms with Gasteiger partial charge in [-0.1, -0.05) is 0 Å². The van der Waals surface area contributed by atoms with Crippen LogP contribution >= 0.6 is 7.82 Å². The fourth-order valence-corrected chi connectivity index (χ4v) is 3.01. The maximum absolute atomic E-state index is 10.5. The van der Waals surface area contributed by atoms with Gasteiger partial charge in [0.05, 0.1) is 23.6 Å². The number of carbonyl (C=O) groups is 1. The molecule has 1 rings (SSSR count). The predicted molar refractivity (Wildman–Crippen MR) is 77.9 cm³/mol. The number of aromatic nitrogens is 1. The highest BCUT2D eigenvalue weighted by atomic mass is 32.2. The average molecular weight is 372 g/mol. The van der Waals surface area contributed by atoms with Gasteiger partial charge in [0.15, 0.2) is 6.29 Å². The molecule has 0 unspecified atom stereocenters. The maximum atomic E-state index is 10.5. The van der Waals surface area contributed by atoms with Crippen LogP contribution < -0.4 is 5.73 Å². The molecule has 0 aliphatic rings. The van der Waals surface area contributed by atoms with Crippen LogP contribution in [0.1, 0.15) is 21.6 Å². The smallest absolute Gasteiger partial charge is 0.484 e. The van der Waals surface area contributed by atoms with E-state index in [1.807, 2.05) is 0 Å². The molecule has 0 aliphatic carbocycles. The van der Waals surface area contributed by atoms with E-state index in [-0.39, 0.29) is 24.5 Å². The Morgan fingerprint density at radius 1 is 1.43 bits per heavy atom. The lowest BCUT2D eigenvalue weighted by Gasteiger charge is -2.04. The highest BCUT2D eigenvalue weighted by Crippen LogP contribution is 2.38. The molecule has 0 aromatic carbocycles. The van der Waals surface area contributed by atoms with Crippen LogP contribution in [0.3, 0.4) is 0 Å². The monoisotopic (exact) mass is 372 g/mol. The first-order chi connectivity index (χ1) is 10.5. The lowest BCUT2D eigenvalue weighted by atomic mass is 10.1. The summed E-state index contributed by atoms with van der Waals surface area (Å²) in [6.45, 7) is 1.04. The molecule has 0 amide bonds. The topological polar surface area (TPSA) is 197 Å². The first-order valence-corrected chi connectivity index (χ1v) is 9.01. The minimum atomic E-state index is -4.96. The van der Waals surface area contributed by atoms with Crippen molar-refractivity contribution in [1.82, 2.24) is 4.98 Å². The Morgan fingerprint density at radius 3 is 2.39 bits per heavy atom.